The van der Waals surface area contributed by atoms with Gasteiger partial charge >= 0.3 is 0 Å². The summed E-state index contributed by atoms with van der Waals surface area (Å²) < 4.78 is 27.1. The number of hydrogen-bond acceptors (Lipinski definition) is 4. The van der Waals surface area contributed by atoms with Gasteiger partial charge in [-0.15, -0.1) is 11.3 Å². The molecular formula is C14H16N2O2S2. The van der Waals surface area contributed by atoms with Crippen LogP contribution in [0.15, 0.2) is 40.6 Å². The molecule has 1 aromatic heterocycles. The van der Waals surface area contributed by atoms with Gasteiger partial charge in [-0.3, -0.25) is 0 Å². The lowest BCUT2D eigenvalue weighted by atomic mass is 10.1. The minimum atomic E-state index is -3.47. The topological polar surface area (TPSA) is 63.4 Å². The van der Waals surface area contributed by atoms with Crippen molar-refractivity contribution in [2.45, 2.75) is 24.4 Å². The van der Waals surface area contributed by atoms with Gasteiger partial charge in [-0.25, -0.2) is 8.42 Å². The number of rotatable bonds is 3. The highest BCUT2D eigenvalue weighted by Crippen LogP contribution is 2.29. The van der Waals surface area contributed by atoms with Crippen LogP contribution >= 0.6 is 11.3 Å². The van der Waals surface area contributed by atoms with Crippen LogP contribution < -0.4 is 5.73 Å². The molecule has 1 aliphatic heterocycles. The van der Waals surface area contributed by atoms with E-state index in [0.717, 1.165) is 12.0 Å². The van der Waals surface area contributed by atoms with Gasteiger partial charge in [-0.05, 0) is 35.1 Å². The number of hydrogen-bond donors (Lipinski definition) is 1. The van der Waals surface area contributed by atoms with Crippen LogP contribution in [-0.2, 0) is 29.5 Å². The van der Waals surface area contributed by atoms with Crippen molar-refractivity contribution < 1.29 is 8.42 Å². The normalized spacial score (nSPS) is 16.1. The molecule has 0 unspecified atom stereocenters. The molecule has 0 bridgehead atoms. The van der Waals surface area contributed by atoms with Gasteiger partial charge in [0.15, 0.2) is 0 Å². The van der Waals surface area contributed by atoms with E-state index in [1.165, 1.54) is 4.88 Å². The van der Waals surface area contributed by atoms with Crippen LogP contribution in [0.25, 0.3) is 0 Å². The van der Waals surface area contributed by atoms with E-state index in [1.807, 2.05) is 17.5 Å². The predicted octanol–water partition coefficient (Wildman–Crippen LogP) is 1.95. The van der Waals surface area contributed by atoms with Crippen molar-refractivity contribution in [2.24, 2.45) is 5.73 Å². The molecule has 6 heteroatoms. The molecule has 0 saturated carbocycles. The average molecular weight is 308 g/mol. The fourth-order valence-corrected chi connectivity index (χ4v) is 5.03. The summed E-state index contributed by atoms with van der Waals surface area (Å²) in [5, 5.41) is 2.02. The van der Waals surface area contributed by atoms with E-state index < -0.39 is 10.0 Å². The zero-order chi connectivity index (χ0) is 14.2. The molecule has 0 fully saturated rings. The maximum Gasteiger partial charge on any atom is 0.243 e. The lowest BCUT2D eigenvalue weighted by molar-refractivity contribution is 0.394. The third-order valence-corrected chi connectivity index (χ3v) is 6.55. The SMILES string of the molecule is NCc1ccccc1S(=O)(=O)N1CCc2sccc2C1. The van der Waals surface area contributed by atoms with E-state index >= 15 is 0 Å². The molecule has 2 N–H and O–H groups in total. The minimum Gasteiger partial charge on any atom is -0.326 e. The molecule has 0 spiro atoms. The molecular weight excluding hydrogens is 292 g/mol. The Kier molecular flexibility index (Phi) is 3.64. The van der Waals surface area contributed by atoms with Gasteiger partial charge in [0.05, 0.1) is 4.90 Å². The van der Waals surface area contributed by atoms with Crippen LogP contribution in [0.1, 0.15) is 16.0 Å². The van der Waals surface area contributed by atoms with Gasteiger partial charge in [0, 0.05) is 24.5 Å². The first kappa shape index (κ1) is 13.8. The Balaban J connectivity index is 1.97. The third kappa shape index (κ3) is 2.29. The van der Waals surface area contributed by atoms with E-state index in [-0.39, 0.29) is 6.54 Å². The van der Waals surface area contributed by atoms with Gasteiger partial charge in [0.2, 0.25) is 10.0 Å². The second kappa shape index (κ2) is 5.29. The van der Waals surface area contributed by atoms with Gasteiger partial charge < -0.3 is 5.73 Å². The molecule has 3 rings (SSSR count). The van der Waals surface area contributed by atoms with Crippen molar-refractivity contribution in [2.75, 3.05) is 6.54 Å². The highest BCUT2D eigenvalue weighted by atomic mass is 32.2. The molecule has 0 atom stereocenters. The number of nitrogens with zero attached hydrogens (tertiary/aromatic N) is 1. The molecule has 0 amide bonds. The van der Waals surface area contributed by atoms with Crippen LogP contribution in [0.5, 0.6) is 0 Å². The van der Waals surface area contributed by atoms with Crippen molar-refractivity contribution in [3.63, 3.8) is 0 Å². The Hall–Kier alpha value is -1.21. The molecule has 2 heterocycles. The summed E-state index contributed by atoms with van der Waals surface area (Å²) in [6.07, 6.45) is 0.789. The molecule has 20 heavy (non-hydrogen) atoms. The predicted molar refractivity (Wildman–Crippen MR) is 80.0 cm³/mol. The lowest BCUT2D eigenvalue weighted by Gasteiger charge is -2.27. The number of fused-ring (bicyclic) bond motifs is 1. The average Bonchev–Trinajstić information content (AvgIpc) is 2.94. The fraction of sp³-hybridized carbons (Fsp3) is 0.286. The number of sulfonamides is 1. The molecule has 0 aliphatic carbocycles. The molecule has 2 aromatic rings. The molecule has 106 valence electrons. The molecule has 0 saturated heterocycles. The van der Waals surface area contributed by atoms with Gasteiger partial charge in [-0.1, -0.05) is 18.2 Å². The zero-order valence-corrected chi connectivity index (χ0v) is 12.6. The van der Waals surface area contributed by atoms with Crippen molar-refractivity contribution in [3.8, 4) is 0 Å². The first-order valence-electron chi connectivity index (χ1n) is 6.46. The summed E-state index contributed by atoms with van der Waals surface area (Å²) in [6, 6.07) is 8.98. The maximum atomic E-state index is 12.8. The van der Waals surface area contributed by atoms with Crippen molar-refractivity contribution in [1.29, 1.82) is 0 Å². The smallest absolute Gasteiger partial charge is 0.243 e. The van der Waals surface area contributed by atoms with E-state index in [9.17, 15) is 8.42 Å². The largest absolute Gasteiger partial charge is 0.326 e. The quantitative estimate of drug-likeness (QED) is 0.942. The van der Waals surface area contributed by atoms with Crippen LogP contribution in [0, 0.1) is 0 Å². The Morgan fingerprint density at radius 1 is 1.25 bits per heavy atom. The molecule has 1 aliphatic rings. The van der Waals surface area contributed by atoms with Crippen molar-refractivity contribution in [3.05, 3.63) is 51.7 Å². The summed E-state index contributed by atoms with van der Waals surface area (Å²) >= 11 is 1.70. The van der Waals surface area contributed by atoms with Gasteiger partial charge in [0.1, 0.15) is 0 Å². The van der Waals surface area contributed by atoms with Crippen LogP contribution in [-0.4, -0.2) is 19.3 Å². The Morgan fingerprint density at radius 3 is 2.85 bits per heavy atom. The van der Waals surface area contributed by atoms with Crippen LogP contribution in [0.2, 0.25) is 0 Å². The van der Waals surface area contributed by atoms with Gasteiger partial charge in [-0.2, -0.15) is 4.31 Å². The first-order chi connectivity index (χ1) is 9.63. The van der Waals surface area contributed by atoms with E-state index in [2.05, 4.69) is 0 Å². The maximum absolute atomic E-state index is 12.8. The highest BCUT2D eigenvalue weighted by Gasteiger charge is 2.30. The Labute approximate surface area is 122 Å². The highest BCUT2D eigenvalue weighted by molar-refractivity contribution is 7.89. The number of benzene rings is 1. The number of nitrogens with two attached hydrogens (primary N) is 1. The zero-order valence-electron chi connectivity index (χ0n) is 11.0. The second-order valence-electron chi connectivity index (χ2n) is 4.77. The van der Waals surface area contributed by atoms with Crippen LogP contribution in [0.4, 0.5) is 0 Å². The summed E-state index contributed by atoms with van der Waals surface area (Å²) in [5.41, 5.74) is 7.45. The van der Waals surface area contributed by atoms with Crippen molar-refractivity contribution >= 4 is 21.4 Å². The molecule has 0 radical (unpaired) electrons. The lowest BCUT2D eigenvalue weighted by Crippen LogP contribution is -2.35. The minimum absolute atomic E-state index is 0.229. The summed E-state index contributed by atoms with van der Waals surface area (Å²) in [4.78, 5) is 1.63. The Morgan fingerprint density at radius 2 is 2.05 bits per heavy atom. The molecule has 4 nitrogen and oxygen atoms in total. The van der Waals surface area contributed by atoms with Crippen molar-refractivity contribution in [1.82, 2.24) is 4.31 Å². The van der Waals surface area contributed by atoms with Crippen LogP contribution in [0.3, 0.4) is 0 Å². The fourth-order valence-electron chi connectivity index (χ4n) is 2.49. The standard InChI is InChI=1S/C14H16N2O2S2/c15-9-11-3-1-2-4-14(11)20(17,18)16-7-5-13-12(10-16)6-8-19-13/h1-4,6,8H,5,7,9-10,15H2. The monoisotopic (exact) mass is 308 g/mol. The summed E-state index contributed by atoms with van der Waals surface area (Å²) in [6.45, 7) is 1.22. The van der Waals surface area contributed by atoms with E-state index in [4.69, 9.17) is 5.73 Å². The summed E-state index contributed by atoms with van der Waals surface area (Å²) in [7, 11) is -3.47. The van der Waals surface area contributed by atoms with E-state index in [0.29, 0.717) is 23.5 Å². The second-order valence-corrected chi connectivity index (χ2v) is 7.68. The number of thiophene rings is 1. The first-order valence-corrected chi connectivity index (χ1v) is 8.78. The third-order valence-electron chi connectivity index (χ3n) is 3.58. The van der Waals surface area contributed by atoms with E-state index in [1.54, 1.807) is 33.8 Å². The molecule has 1 aromatic carbocycles. The van der Waals surface area contributed by atoms with Gasteiger partial charge in [0.25, 0.3) is 0 Å². The Bertz CT molecular complexity index is 722. The summed E-state index contributed by atoms with van der Waals surface area (Å²) in [5.74, 6) is 0.